The van der Waals surface area contributed by atoms with Crippen molar-refractivity contribution < 1.29 is 9.26 Å². The van der Waals surface area contributed by atoms with Gasteiger partial charge in [-0.3, -0.25) is 5.32 Å². The summed E-state index contributed by atoms with van der Waals surface area (Å²) in [6.07, 6.45) is 2.41. The number of ether oxygens (including phenoxy) is 1. The van der Waals surface area contributed by atoms with Gasteiger partial charge in [0.2, 0.25) is 11.7 Å². The third-order valence-corrected chi connectivity index (χ3v) is 5.48. The first-order valence-electron chi connectivity index (χ1n) is 10.6. The summed E-state index contributed by atoms with van der Waals surface area (Å²) in [6.45, 7) is 6.28. The highest BCUT2D eigenvalue weighted by molar-refractivity contribution is 5.58. The molecule has 0 bridgehead atoms. The van der Waals surface area contributed by atoms with E-state index in [9.17, 15) is 0 Å². The molecule has 2 aromatic heterocycles. The summed E-state index contributed by atoms with van der Waals surface area (Å²) in [4.78, 5) is 9.12. The highest BCUT2D eigenvalue weighted by atomic mass is 16.5. The Balaban J connectivity index is 1.46. The molecule has 0 radical (unpaired) electrons. The minimum absolute atomic E-state index is 0.205. The number of aryl methyl sites for hydroxylation is 2. The van der Waals surface area contributed by atoms with E-state index in [0.717, 1.165) is 36.3 Å². The van der Waals surface area contributed by atoms with E-state index in [2.05, 4.69) is 57.8 Å². The number of nitrogens with one attached hydrogen (secondary N) is 2. The van der Waals surface area contributed by atoms with E-state index in [1.54, 1.807) is 7.11 Å². The molecule has 2 N–H and O–H groups in total. The summed E-state index contributed by atoms with van der Waals surface area (Å²) in [5, 5.41) is 11.0. The molecule has 30 heavy (non-hydrogen) atoms. The Bertz CT molecular complexity index is 1000. The van der Waals surface area contributed by atoms with Crippen LogP contribution in [0, 0.1) is 0 Å². The van der Waals surface area contributed by atoms with Crippen molar-refractivity contribution in [3.63, 3.8) is 0 Å². The molecule has 3 aromatic rings. The zero-order valence-electron chi connectivity index (χ0n) is 18.0. The number of pyridine rings is 1. The van der Waals surface area contributed by atoms with Crippen molar-refractivity contribution in [1.29, 1.82) is 0 Å². The summed E-state index contributed by atoms with van der Waals surface area (Å²) in [5.41, 5.74) is 4.64. The van der Waals surface area contributed by atoms with Crippen LogP contribution >= 0.6 is 0 Å². The molecule has 7 nitrogen and oxygen atoms in total. The average Bonchev–Trinajstić information content (AvgIpc) is 3.40. The first kappa shape index (κ1) is 20.5. The maximum Gasteiger partial charge on any atom is 0.226 e. The second-order valence-electron chi connectivity index (χ2n) is 7.90. The predicted molar refractivity (Wildman–Crippen MR) is 116 cm³/mol. The summed E-state index contributed by atoms with van der Waals surface area (Å²) < 4.78 is 10.9. The standard InChI is InChI=1S/C23H29N5O2/c1-5-21-27-22(28-30-21)16-9-11-17-15(13-16)10-12-19(17)25-23(29-4)26-20-8-6-7-18(24-20)14(2)3/h6-9,11,13-14,19,23,25H,5,10,12H2,1-4H3,(H,24,26)/t19-,23?/m1/s1. The van der Waals surface area contributed by atoms with E-state index in [4.69, 9.17) is 9.26 Å². The van der Waals surface area contributed by atoms with Crippen LogP contribution in [-0.4, -0.2) is 28.6 Å². The maximum atomic E-state index is 5.65. The van der Waals surface area contributed by atoms with Crippen molar-refractivity contribution in [3.05, 3.63) is 59.1 Å². The number of aromatic nitrogens is 3. The van der Waals surface area contributed by atoms with E-state index in [0.29, 0.717) is 17.6 Å². The minimum Gasteiger partial charge on any atom is -0.348 e. The van der Waals surface area contributed by atoms with Crippen LogP contribution in [0.1, 0.15) is 61.9 Å². The van der Waals surface area contributed by atoms with Crippen LogP contribution in [0.25, 0.3) is 11.4 Å². The number of anilines is 1. The molecule has 1 aliphatic carbocycles. The quantitative estimate of drug-likeness (QED) is 0.534. The zero-order chi connectivity index (χ0) is 21.1. The molecule has 0 saturated carbocycles. The first-order chi connectivity index (χ1) is 14.6. The predicted octanol–water partition coefficient (Wildman–Crippen LogP) is 4.44. The number of rotatable bonds is 8. The lowest BCUT2D eigenvalue weighted by Crippen LogP contribution is -2.40. The number of nitrogens with zero attached hydrogens (tertiary/aromatic N) is 3. The van der Waals surface area contributed by atoms with Gasteiger partial charge in [-0.05, 0) is 48.1 Å². The van der Waals surface area contributed by atoms with Gasteiger partial charge < -0.3 is 14.6 Å². The van der Waals surface area contributed by atoms with Crippen molar-refractivity contribution in [1.82, 2.24) is 20.4 Å². The Morgan fingerprint density at radius 1 is 1.20 bits per heavy atom. The second-order valence-corrected chi connectivity index (χ2v) is 7.90. The lowest BCUT2D eigenvalue weighted by Gasteiger charge is -2.24. The van der Waals surface area contributed by atoms with Crippen molar-refractivity contribution in [2.45, 2.75) is 58.3 Å². The van der Waals surface area contributed by atoms with Gasteiger partial charge in [0.15, 0.2) is 6.35 Å². The molecule has 0 spiro atoms. The van der Waals surface area contributed by atoms with Crippen LogP contribution in [0.15, 0.2) is 40.9 Å². The number of hydrogen-bond acceptors (Lipinski definition) is 7. The van der Waals surface area contributed by atoms with Crippen LogP contribution in [0.4, 0.5) is 5.82 Å². The lowest BCUT2D eigenvalue weighted by atomic mass is 10.0. The Morgan fingerprint density at radius 2 is 2.07 bits per heavy atom. The fourth-order valence-electron chi connectivity index (χ4n) is 3.78. The molecule has 1 unspecified atom stereocenters. The Hall–Kier alpha value is -2.77. The molecule has 0 saturated heterocycles. The van der Waals surface area contributed by atoms with Gasteiger partial charge in [-0.1, -0.05) is 44.1 Å². The fraction of sp³-hybridized carbons (Fsp3) is 0.435. The number of fused-ring (bicyclic) bond motifs is 1. The molecule has 2 heterocycles. The second kappa shape index (κ2) is 8.93. The van der Waals surface area contributed by atoms with Crippen molar-refractivity contribution >= 4 is 5.82 Å². The van der Waals surface area contributed by atoms with Crippen molar-refractivity contribution in [3.8, 4) is 11.4 Å². The Labute approximate surface area is 177 Å². The molecule has 0 amide bonds. The maximum absolute atomic E-state index is 5.65. The molecular formula is C23H29N5O2. The molecule has 158 valence electrons. The SMILES string of the molecule is CCc1nc(-c2ccc3c(c2)CC[C@H]3NC(Nc2cccc(C(C)C)n2)OC)no1. The summed E-state index contributed by atoms with van der Waals surface area (Å²) >= 11 is 0. The molecule has 4 rings (SSSR count). The summed E-state index contributed by atoms with van der Waals surface area (Å²) in [6, 6.07) is 12.6. The van der Waals surface area contributed by atoms with E-state index in [1.165, 1.54) is 11.1 Å². The topological polar surface area (TPSA) is 85.1 Å². The van der Waals surface area contributed by atoms with Gasteiger partial charge in [-0.15, -0.1) is 0 Å². The van der Waals surface area contributed by atoms with Crippen LogP contribution in [0.2, 0.25) is 0 Å². The average molecular weight is 408 g/mol. The van der Waals surface area contributed by atoms with Gasteiger partial charge in [0.25, 0.3) is 0 Å². The van der Waals surface area contributed by atoms with Gasteiger partial charge in [-0.25, -0.2) is 4.98 Å². The monoisotopic (exact) mass is 407 g/mol. The molecule has 1 aromatic carbocycles. The summed E-state index contributed by atoms with van der Waals surface area (Å²) in [5.74, 6) is 2.50. The first-order valence-corrected chi connectivity index (χ1v) is 10.6. The molecule has 0 aliphatic heterocycles. The smallest absolute Gasteiger partial charge is 0.226 e. The normalized spacial score (nSPS) is 16.6. The number of hydrogen-bond donors (Lipinski definition) is 2. The van der Waals surface area contributed by atoms with E-state index in [1.807, 2.05) is 25.1 Å². The van der Waals surface area contributed by atoms with Gasteiger partial charge in [0.05, 0.1) is 0 Å². The fourth-order valence-corrected chi connectivity index (χ4v) is 3.78. The Morgan fingerprint density at radius 3 is 2.80 bits per heavy atom. The van der Waals surface area contributed by atoms with E-state index in [-0.39, 0.29) is 12.4 Å². The van der Waals surface area contributed by atoms with Gasteiger partial charge in [0, 0.05) is 30.8 Å². The molecule has 2 atom stereocenters. The highest BCUT2D eigenvalue weighted by Gasteiger charge is 2.26. The molecule has 0 fully saturated rings. The number of methoxy groups -OCH3 is 1. The van der Waals surface area contributed by atoms with Gasteiger partial charge in [-0.2, -0.15) is 4.98 Å². The van der Waals surface area contributed by atoms with Crippen LogP contribution in [0.3, 0.4) is 0 Å². The van der Waals surface area contributed by atoms with Crippen LogP contribution in [-0.2, 0) is 17.6 Å². The largest absolute Gasteiger partial charge is 0.348 e. The van der Waals surface area contributed by atoms with Gasteiger partial charge >= 0.3 is 0 Å². The minimum atomic E-state index is -0.333. The third-order valence-electron chi connectivity index (χ3n) is 5.48. The van der Waals surface area contributed by atoms with Crippen LogP contribution < -0.4 is 10.6 Å². The zero-order valence-corrected chi connectivity index (χ0v) is 18.0. The highest BCUT2D eigenvalue weighted by Crippen LogP contribution is 2.34. The van der Waals surface area contributed by atoms with E-state index >= 15 is 0 Å². The number of benzene rings is 1. The molecular weight excluding hydrogens is 378 g/mol. The van der Waals surface area contributed by atoms with Gasteiger partial charge in [0.1, 0.15) is 5.82 Å². The van der Waals surface area contributed by atoms with E-state index < -0.39 is 0 Å². The van der Waals surface area contributed by atoms with Crippen molar-refractivity contribution in [2.24, 2.45) is 0 Å². The van der Waals surface area contributed by atoms with Crippen molar-refractivity contribution in [2.75, 3.05) is 12.4 Å². The summed E-state index contributed by atoms with van der Waals surface area (Å²) in [7, 11) is 1.69. The van der Waals surface area contributed by atoms with Crippen LogP contribution in [0.5, 0.6) is 0 Å². The Kier molecular flexibility index (Phi) is 6.11. The molecule has 7 heteroatoms. The molecule has 1 aliphatic rings. The third kappa shape index (κ3) is 4.37. The lowest BCUT2D eigenvalue weighted by molar-refractivity contribution is 0.0850.